The Hall–Kier alpha value is -1.19. The maximum Gasteiger partial charge on any atom is 0.307 e. The normalized spacial score (nSPS) is 19.0. The highest BCUT2D eigenvalue weighted by molar-refractivity contribution is 6.17. The number of nitrogens with zero attached hydrogens (tertiary/aromatic N) is 2. The first-order valence-electron chi connectivity index (χ1n) is 3.49. The predicted molar refractivity (Wildman–Crippen MR) is 42.3 cm³/mol. The summed E-state index contributed by atoms with van der Waals surface area (Å²) >= 11 is 0. The molecule has 0 spiro atoms. The van der Waals surface area contributed by atoms with Gasteiger partial charge < -0.3 is 5.11 Å². The van der Waals surface area contributed by atoms with E-state index in [1.807, 2.05) is 6.92 Å². The van der Waals surface area contributed by atoms with Crippen molar-refractivity contribution in [3.05, 3.63) is 0 Å². The number of aliphatic imine (C=N–C) groups is 2. The first-order chi connectivity index (χ1) is 5.18. The van der Waals surface area contributed by atoms with Crippen molar-refractivity contribution in [2.45, 2.75) is 25.4 Å². The van der Waals surface area contributed by atoms with Gasteiger partial charge in [-0.15, -0.1) is 0 Å². The molecule has 0 saturated heterocycles. The number of rotatable bonds is 3. The van der Waals surface area contributed by atoms with Crippen LogP contribution in [-0.4, -0.2) is 29.2 Å². The molecule has 0 radical (unpaired) electrons. The minimum absolute atomic E-state index is 0.0174. The second-order valence-corrected chi connectivity index (χ2v) is 2.46. The second kappa shape index (κ2) is 2.82. The molecule has 1 aliphatic rings. The topological polar surface area (TPSA) is 62.0 Å². The van der Waals surface area contributed by atoms with Gasteiger partial charge in [-0.2, -0.15) is 0 Å². The Labute approximate surface area is 64.7 Å². The fourth-order valence-corrected chi connectivity index (χ4v) is 1.02. The van der Waals surface area contributed by atoms with Crippen molar-refractivity contribution >= 4 is 18.4 Å². The van der Waals surface area contributed by atoms with Crippen LogP contribution in [0, 0.1) is 0 Å². The molecule has 0 bridgehead atoms. The van der Waals surface area contributed by atoms with E-state index in [1.54, 1.807) is 12.4 Å². The van der Waals surface area contributed by atoms with Crippen molar-refractivity contribution in [1.82, 2.24) is 0 Å². The number of carbonyl (C=O) groups is 1. The molecular formula is C7H10N2O2. The average molecular weight is 154 g/mol. The third-order valence-electron chi connectivity index (χ3n) is 1.70. The van der Waals surface area contributed by atoms with Gasteiger partial charge in [-0.1, -0.05) is 6.92 Å². The SMILES string of the molecule is CCC1(CC(=O)O)N=CC=N1. The van der Waals surface area contributed by atoms with Crippen LogP contribution in [0.25, 0.3) is 0 Å². The molecule has 1 N–H and O–H groups in total. The Bertz CT molecular complexity index is 208. The fourth-order valence-electron chi connectivity index (χ4n) is 1.02. The fraction of sp³-hybridized carbons (Fsp3) is 0.571. The zero-order valence-corrected chi connectivity index (χ0v) is 6.32. The molecule has 0 fully saturated rings. The molecule has 0 unspecified atom stereocenters. The molecule has 0 saturated carbocycles. The van der Waals surface area contributed by atoms with Gasteiger partial charge in [0, 0.05) is 12.4 Å². The van der Waals surface area contributed by atoms with Crippen molar-refractivity contribution in [1.29, 1.82) is 0 Å². The van der Waals surface area contributed by atoms with Crippen LogP contribution in [0.2, 0.25) is 0 Å². The van der Waals surface area contributed by atoms with Gasteiger partial charge in [-0.3, -0.25) is 14.8 Å². The van der Waals surface area contributed by atoms with Gasteiger partial charge >= 0.3 is 5.97 Å². The van der Waals surface area contributed by atoms with Crippen LogP contribution in [-0.2, 0) is 4.79 Å². The Morgan fingerprint density at radius 2 is 2.09 bits per heavy atom. The quantitative estimate of drug-likeness (QED) is 0.651. The molecule has 0 aromatic rings. The van der Waals surface area contributed by atoms with Gasteiger partial charge in [-0.05, 0) is 6.42 Å². The first-order valence-corrected chi connectivity index (χ1v) is 3.49. The Morgan fingerprint density at radius 3 is 2.45 bits per heavy atom. The summed E-state index contributed by atoms with van der Waals surface area (Å²) in [5, 5.41) is 8.52. The molecule has 0 amide bonds. The van der Waals surface area contributed by atoms with E-state index in [0.717, 1.165) is 0 Å². The van der Waals surface area contributed by atoms with Crippen LogP contribution in [0.1, 0.15) is 19.8 Å². The van der Waals surface area contributed by atoms with E-state index < -0.39 is 11.6 Å². The van der Waals surface area contributed by atoms with Crippen LogP contribution in [0.4, 0.5) is 0 Å². The van der Waals surface area contributed by atoms with E-state index >= 15 is 0 Å². The third kappa shape index (κ3) is 1.63. The molecule has 4 heteroatoms. The molecule has 1 heterocycles. The lowest BCUT2D eigenvalue weighted by atomic mass is 10.1. The standard InChI is InChI=1S/C7H10N2O2/c1-2-7(5-6(10)11)8-3-4-9-7/h3-4H,2,5H2,1H3,(H,10,11). The molecule has 0 aromatic heterocycles. The maximum atomic E-state index is 10.4. The van der Waals surface area contributed by atoms with Crippen molar-refractivity contribution in [2.24, 2.45) is 9.98 Å². The van der Waals surface area contributed by atoms with E-state index in [1.165, 1.54) is 0 Å². The Balaban J connectivity index is 2.69. The van der Waals surface area contributed by atoms with Crippen LogP contribution in [0.3, 0.4) is 0 Å². The van der Waals surface area contributed by atoms with Gasteiger partial charge in [0.05, 0.1) is 6.42 Å². The number of hydrogen-bond donors (Lipinski definition) is 1. The van der Waals surface area contributed by atoms with Gasteiger partial charge in [0.15, 0.2) is 5.66 Å². The maximum absolute atomic E-state index is 10.4. The van der Waals surface area contributed by atoms with Crippen molar-refractivity contribution in [2.75, 3.05) is 0 Å². The largest absolute Gasteiger partial charge is 0.481 e. The Kier molecular flexibility index (Phi) is 2.03. The van der Waals surface area contributed by atoms with E-state index in [2.05, 4.69) is 9.98 Å². The molecule has 0 aliphatic carbocycles. The molecule has 4 nitrogen and oxygen atoms in total. The summed E-state index contributed by atoms with van der Waals surface area (Å²) in [6, 6.07) is 0. The van der Waals surface area contributed by atoms with Crippen LogP contribution in [0.15, 0.2) is 9.98 Å². The second-order valence-electron chi connectivity index (χ2n) is 2.46. The molecule has 0 aromatic carbocycles. The zero-order chi connectivity index (χ0) is 8.32. The van der Waals surface area contributed by atoms with Gasteiger partial charge in [0.1, 0.15) is 0 Å². The highest BCUT2D eigenvalue weighted by Crippen LogP contribution is 2.23. The molecule has 60 valence electrons. The highest BCUT2D eigenvalue weighted by atomic mass is 16.4. The highest BCUT2D eigenvalue weighted by Gasteiger charge is 2.30. The summed E-state index contributed by atoms with van der Waals surface area (Å²) in [4.78, 5) is 18.4. The summed E-state index contributed by atoms with van der Waals surface area (Å²) in [6.07, 6.45) is 3.71. The summed E-state index contributed by atoms with van der Waals surface area (Å²) in [5.41, 5.74) is -0.703. The molecule has 11 heavy (non-hydrogen) atoms. The van der Waals surface area contributed by atoms with Crippen molar-refractivity contribution in [3.8, 4) is 0 Å². The van der Waals surface area contributed by atoms with E-state index in [-0.39, 0.29) is 6.42 Å². The summed E-state index contributed by atoms with van der Waals surface area (Å²) in [7, 11) is 0. The van der Waals surface area contributed by atoms with Crippen LogP contribution < -0.4 is 0 Å². The minimum atomic E-state index is -0.858. The van der Waals surface area contributed by atoms with E-state index in [4.69, 9.17) is 5.11 Å². The number of carboxylic acids is 1. The van der Waals surface area contributed by atoms with Crippen molar-refractivity contribution < 1.29 is 9.90 Å². The summed E-state index contributed by atoms with van der Waals surface area (Å²) in [6.45, 7) is 1.88. The molecule has 0 atom stereocenters. The molecule has 1 rings (SSSR count). The minimum Gasteiger partial charge on any atom is -0.481 e. The number of aliphatic carboxylic acids is 1. The average Bonchev–Trinajstić information content (AvgIpc) is 2.36. The van der Waals surface area contributed by atoms with E-state index in [9.17, 15) is 4.79 Å². The Morgan fingerprint density at radius 1 is 1.55 bits per heavy atom. The van der Waals surface area contributed by atoms with Crippen molar-refractivity contribution in [3.63, 3.8) is 0 Å². The van der Waals surface area contributed by atoms with Gasteiger partial charge in [0.25, 0.3) is 0 Å². The molecule has 1 aliphatic heterocycles. The van der Waals surface area contributed by atoms with Gasteiger partial charge in [-0.25, -0.2) is 0 Å². The van der Waals surface area contributed by atoms with Crippen LogP contribution in [0.5, 0.6) is 0 Å². The first kappa shape index (κ1) is 7.91. The zero-order valence-electron chi connectivity index (χ0n) is 6.32. The van der Waals surface area contributed by atoms with Crippen LogP contribution >= 0.6 is 0 Å². The van der Waals surface area contributed by atoms with Gasteiger partial charge in [0.2, 0.25) is 0 Å². The number of hydrogen-bond acceptors (Lipinski definition) is 3. The number of carboxylic acid groups (broad SMARTS) is 1. The van der Waals surface area contributed by atoms with E-state index in [0.29, 0.717) is 6.42 Å². The third-order valence-corrected chi connectivity index (χ3v) is 1.70. The lowest BCUT2D eigenvalue weighted by molar-refractivity contribution is -0.138. The monoisotopic (exact) mass is 154 g/mol. The predicted octanol–water partition coefficient (Wildman–Crippen LogP) is 0.723. The lowest BCUT2D eigenvalue weighted by Crippen LogP contribution is -2.24. The lowest BCUT2D eigenvalue weighted by Gasteiger charge is -2.17. The summed E-state index contributed by atoms with van der Waals surface area (Å²) in [5.74, 6) is -0.858. The molecular weight excluding hydrogens is 144 g/mol. The summed E-state index contributed by atoms with van der Waals surface area (Å²) < 4.78 is 0. The smallest absolute Gasteiger partial charge is 0.307 e.